The molecule has 1 N–H and O–H groups in total. The van der Waals surface area contributed by atoms with E-state index in [9.17, 15) is 9.59 Å². The number of carbonyl (C=O) groups excluding carboxylic acids is 2. The molecule has 0 saturated heterocycles. The molecule has 3 rings (SSSR count). The number of rotatable bonds is 9. The summed E-state index contributed by atoms with van der Waals surface area (Å²) >= 11 is 6.01. The van der Waals surface area contributed by atoms with Gasteiger partial charge in [-0.05, 0) is 24.3 Å². The summed E-state index contributed by atoms with van der Waals surface area (Å²) in [6.07, 6.45) is 3.73. The number of methoxy groups -OCH3 is 1. The Morgan fingerprint density at radius 3 is 2.66 bits per heavy atom. The van der Waals surface area contributed by atoms with Gasteiger partial charge in [-0.25, -0.2) is 4.98 Å². The van der Waals surface area contributed by atoms with E-state index in [1.165, 1.54) is 4.90 Å². The maximum Gasteiger partial charge on any atom is 0.246 e. The first kappa shape index (κ1) is 23.1. The van der Waals surface area contributed by atoms with E-state index in [-0.39, 0.29) is 18.4 Å². The third-order valence-electron chi connectivity index (χ3n) is 4.77. The zero-order valence-corrected chi connectivity index (χ0v) is 18.8. The lowest BCUT2D eigenvalue weighted by Gasteiger charge is -2.20. The van der Waals surface area contributed by atoms with Gasteiger partial charge in [-0.15, -0.1) is 6.58 Å². The summed E-state index contributed by atoms with van der Waals surface area (Å²) in [5.41, 5.74) is 2.27. The highest BCUT2D eigenvalue weighted by Gasteiger charge is 2.18. The maximum atomic E-state index is 12.8. The lowest BCUT2D eigenvalue weighted by atomic mass is 10.2. The van der Waals surface area contributed by atoms with Crippen LogP contribution < -0.4 is 10.1 Å². The van der Waals surface area contributed by atoms with Crippen molar-refractivity contribution in [3.8, 4) is 22.7 Å². The molecule has 1 heterocycles. The second kappa shape index (κ2) is 10.6. The van der Waals surface area contributed by atoms with E-state index >= 15 is 0 Å². The third-order valence-corrected chi connectivity index (χ3v) is 5.02. The number of benzene rings is 2. The number of aromatic nitrogens is 2. The molecule has 0 fully saturated rings. The van der Waals surface area contributed by atoms with Gasteiger partial charge in [0, 0.05) is 35.8 Å². The van der Waals surface area contributed by atoms with Crippen molar-refractivity contribution in [1.29, 1.82) is 0 Å². The van der Waals surface area contributed by atoms with E-state index in [0.717, 1.165) is 11.3 Å². The Kier molecular flexibility index (Phi) is 7.68. The van der Waals surface area contributed by atoms with Crippen molar-refractivity contribution < 1.29 is 14.3 Å². The summed E-state index contributed by atoms with van der Waals surface area (Å²) in [4.78, 5) is 31.0. The standard InChI is InChI=1S/C24H25ClN4O3/c1-4-13-28(23(31)5-2)16-22(30)27-24-26-21(17-9-11-18(25)12-10-17)15-29(24)19-7-6-8-20(14-19)32-3/h4,6-12,14-15H,1,5,13,16H2,2-3H3,(H,26,27,30). The van der Waals surface area contributed by atoms with E-state index in [4.69, 9.17) is 16.3 Å². The monoisotopic (exact) mass is 452 g/mol. The summed E-state index contributed by atoms with van der Waals surface area (Å²) in [5.74, 6) is 0.520. The molecule has 0 aliphatic rings. The Morgan fingerprint density at radius 2 is 2.00 bits per heavy atom. The average molecular weight is 453 g/mol. The topological polar surface area (TPSA) is 76.5 Å². The molecule has 0 bridgehead atoms. The van der Waals surface area contributed by atoms with Crippen LogP contribution in [0.5, 0.6) is 5.75 Å². The van der Waals surface area contributed by atoms with Crippen molar-refractivity contribution >= 4 is 29.4 Å². The number of hydrogen-bond donors (Lipinski definition) is 1. The molecule has 0 unspecified atom stereocenters. The highest BCUT2D eigenvalue weighted by molar-refractivity contribution is 6.30. The van der Waals surface area contributed by atoms with Crippen molar-refractivity contribution in [2.75, 3.05) is 25.5 Å². The highest BCUT2D eigenvalue weighted by atomic mass is 35.5. The molecule has 166 valence electrons. The highest BCUT2D eigenvalue weighted by Crippen LogP contribution is 2.27. The van der Waals surface area contributed by atoms with Crippen molar-refractivity contribution in [2.45, 2.75) is 13.3 Å². The minimum atomic E-state index is -0.356. The Morgan fingerprint density at radius 1 is 1.25 bits per heavy atom. The van der Waals surface area contributed by atoms with Crippen molar-refractivity contribution in [3.05, 3.63) is 72.4 Å². The SMILES string of the molecule is C=CCN(CC(=O)Nc1nc(-c2ccc(Cl)cc2)cn1-c1cccc(OC)c1)C(=O)CC. The van der Waals surface area contributed by atoms with Crippen LogP contribution >= 0.6 is 11.6 Å². The van der Waals surface area contributed by atoms with Gasteiger partial charge in [-0.1, -0.05) is 42.8 Å². The minimum absolute atomic E-state index is 0.0973. The molecule has 7 nitrogen and oxygen atoms in total. The molecule has 0 saturated carbocycles. The second-order valence-corrected chi connectivity index (χ2v) is 7.43. The van der Waals surface area contributed by atoms with Crippen LogP contribution in [0.1, 0.15) is 13.3 Å². The molecular formula is C24H25ClN4O3. The number of imidazole rings is 1. The van der Waals surface area contributed by atoms with E-state index < -0.39 is 0 Å². The number of ether oxygens (including phenoxy) is 1. The summed E-state index contributed by atoms with van der Waals surface area (Å²) in [6, 6.07) is 14.7. The predicted molar refractivity (Wildman–Crippen MR) is 126 cm³/mol. The van der Waals surface area contributed by atoms with Crippen LogP contribution in [0.3, 0.4) is 0 Å². The Labute approximate surface area is 192 Å². The number of carbonyl (C=O) groups is 2. The van der Waals surface area contributed by atoms with Gasteiger partial charge < -0.3 is 9.64 Å². The number of anilines is 1. The molecule has 2 aromatic carbocycles. The Bertz CT molecular complexity index is 1110. The van der Waals surface area contributed by atoms with Crippen molar-refractivity contribution in [3.63, 3.8) is 0 Å². The lowest BCUT2D eigenvalue weighted by molar-refractivity contribution is -0.133. The molecule has 2 amide bonds. The van der Waals surface area contributed by atoms with Gasteiger partial charge in [-0.2, -0.15) is 0 Å². The van der Waals surface area contributed by atoms with Crippen LogP contribution in [0.15, 0.2) is 67.4 Å². The molecule has 0 aliphatic heterocycles. The zero-order valence-electron chi connectivity index (χ0n) is 18.0. The quantitative estimate of drug-likeness (QED) is 0.483. The second-order valence-electron chi connectivity index (χ2n) is 6.99. The van der Waals surface area contributed by atoms with Crippen molar-refractivity contribution in [2.24, 2.45) is 0 Å². The van der Waals surface area contributed by atoms with E-state index in [0.29, 0.717) is 35.4 Å². The Hall–Kier alpha value is -3.58. The van der Waals surface area contributed by atoms with Gasteiger partial charge in [0.1, 0.15) is 12.3 Å². The molecular weight excluding hydrogens is 428 g/mol. The van der Waals surface area contributed by atoms with E-state index in [1.807, 2.05) is 42.6 Å². The third kappa shape index (κ3) is 5.56. The van der Waals surface area contributed by atoms with Crippen LogP contribution in [0, 0.1) is 0 Å². The fourth-order valence-corrected chi connectivity index (χ4v) is 3.28. The lowest BCUT2D eigenvalue weighted by Crippen LogP contribution is -2.38. The molecule has 0 radical (unpaired) electrons. The van der Waals surface area contributed by atoms with Gasteiger partial charge in [0.15, 0.2) is 0 Å². The van der Waals surface area contributed by atoms with Gasteiger partial charge in [0.2, 0.25) is 17.8 Å². The number of halogens is 1. The van der Waals surface area contributed by atoms with Crippen LogP contribution in [-0.4, -0.2) is 46.5 Å². The van der Waals surface area contributed by atoms with Crippen molar-refractivity contribution in [1.82, 2.24) is 14.5 Å². The predicted octanol–water partition coefficient (Wildman–Crippen LogP) is 4.56. The van der Waals surface area contributed by atoms with Gasteiger partial charge in [0.25, 0.3) is 0 Å². The molecule has 3 aromatic rings. The molecule has 0 spiro atoms. The van der Waals surface area contributed by atoms with Crippen LogP contribution in [0.4, 0.5) is 5.95 Å². The van der Waals surface area contributed by atoms with Crippen LogP contribution in [0.25, 0.3) is 16.9 Å². The summed E-state index contributed by atoms with van der Waals surface area (Å²) in [7, 11) is 1.59. The van der Waals surface area contributed by atoms with E-state index in [2.05, 4.69) is 16.9 Å². The summed E-state index contributed by atoms with van der Waals surface area (Å²) < 4.78 is 7.10. The molecule has 8 heteroatoms. The van der Waals surface area contributed by atoms with Gasteiger partial charge in [0.05, 0.1) is 18.5 Å². The normalized spacial score (nSPS) is 10.5. The minimum Gasteiger partial charge on any atom is -0.497 e. The fourth-order valence-electron chi connectivity index (χ4n) is 3.16. The summed E-state index contributed by atoms with van der Waals surface area (Å²) in [6.45, 7) is 5.61. The van der Waals surface area contributed by atoms with Crippen LogP contribution in [0.2, 0.25) is 5.02 Å². The van der Waals surface area contributed by atoms with E-state index in [1.54, 1.807) is 36.8 Å². The molecule has 1 aromatic heterocycles. The number of amides is 2. The number of hydrogen-bond acceptors (Lipinski definition) is 4. The largest absolute Gasteiger partial charge is 0.497 e. The molecule has 0 atom stereocenters. The van der Waals surface area contributed by atoms with Crippen LogP contribution in [-0.2, 0) is 9.59 Å². The number of nitrogens with one attached hydrogen (secondary N) is 1. The molecule has 0 aliphatic carbocycles. The maximum absolute atomic E-state index is 12.8. The van der Waals surface area contributed by atoms with Gasteiger partial charge in [-0.3, -0.25) is 19.5 Å². The first-order chi connectivity index (χ1) is 15.4. The zero-order chi connectivity index (χ0) is 23.1. The first-order valence-corrected chi connectivity index (χ1v) is 10.5. The average Bonchev–Trinajstić information content (AvgIpc) is 3.22. The summed E-state index contributed by atoms with van der Waals surface area (Å²) in [5, 5.41) is 3.46. The number of nitrogens with zero attached hydrogens (tertiary/aromatic N) is 3. The molecule has 32 heavy (non-hydrogen) atoms. The Balaban J connectivity index is 1.95. The smallest absolute Gasteiger partial charge is 0.246 e. The first-order valence-electron chi connectivity index (χ1n) is 10.1. The fraction of sp³-hybridized carbons (Fsp3) is 0.208. The van der Waals surface area contributed by atoms with Gasteiger partial charge >= 0.3 is 0 Å².